The summed E-state index contributed by atoms with van der Waals surface area (Å²) in [7, 11) is 3.76. The molecule has 0 unspecified atom stereocenters. The van der Waals surface area contributed by atoms with Gasteiger partial charge < -0.3 is 10.2 Å². The van der Waals surface area contributed by atoms with E-state index in [1.165, 1.54) is 40.7 Å². The van der Waals surface area contributed by atoms with Gasteiger partial charge in [-0.3, -0.25) is 4.79 Å². The zero-order chi connectivity index (χ0) is 18.2. The highest BCUT2D eigenvalue weighted by Crippen LogP contribution is 2.25. The van der Waals surface area contributed by atoms with Crippen molar-refractivity contribution < 1.29 is 9.18 Å². The lowest BCUT2D eigenvalue weighted by Crippen LogP contribution is -2.26. The number of fused-ring (bicyclic) bond motifs is 1. The summed E-state index contributed by atoms with van der Waals surface area (Å²) >= 11 is 3.58. The maximum absolute atomic E-state index is 12.7. The van der Waals surface area contributed by atoms with Gasteiger partial charge in [-0.1, -0.05) is 40.2 Å². The second-order valence-electron chi connectivity index (χ2n) is 6.17. The third kappa shape index (κ3) is 6.25. The highest BCUT2D eigenvalue weighted by molar-refractivity contribution is 9.10. The van der Waals surface area contributed by atoms with Crippen LogP contribution in [0.3, 0.4) is 0 Å². The molecule has 134 valence electrons. The van der Waals surface area contributed by atoms with Crippen LogP contribution in [0.2, 0.25) is 0 Å². The Bertz CT molecular complexity index is 721. The van der Waals surface area contributed by atoms with Crippen LogP contribution in [-0.4, -0.2) is 31.4 Å². The highest BCUT2D eigenvalue weighted by Gasteiger charge is 2.14. The normalized spacial score (nSPS) is 13.4. The number of nitrogens with one attached hydrogen (secondary N) is 1. The Morgan fingerprint density at radius 1 is 1.28 bits per heavy atom. The highest BCUT2D eigenvalue weighted by atomic mass is 79.9. The molecule has 5 heteroatoms. The van der Waals surface area contributed by atoms with E-state index in [0.29, 0.717) is 12.8 Å². The molecule has 1 aliphatic rings. The molecule has 3 nitrogen and oxygen atoms in total. The number of hydrogen-bond acceptors (Lipinski definition) is 2. The molecule has 1 heterocycles. The van der Waals surface area contributed by atoms with E-state index in [0.717, 1.165) is 12.1 Å². The molecule has 3 rings (SSSR count). The summed E-state index contributed by atoms with van der Waals surface area (Å²) in [5.74, 6) is -0.279. The van der Waals surface area contributed by atoms with Gasteiger partial charge in [0.05, 0.1) is 0 Å². The fourth-order valence-corrected chi connectivity index (χ4v) is 3.38. The first-order valence-electron chi connectivity index (χ1n) is 8.39. The van der Waals surface area contributed by atoms with Crippen LogP contribution < -0.4 is 5.32 Å². The van der Waals surface area contributed by atoms with Gasteiger partial charge in [-0.2, -0.15) is 0 Å². The number of nitrogens with zero attached hydrogens (tertiary/aromatic N) is 1. The molecule has 1 amide bonds. The lowest BCUT2D eigenvalue weighted by Gasteiger charge is -2.25. The zero-order valence-electron chi connectivity index (χ0n) is 14.7. The van der Waals surface area contributed by atoms with E-state index >= 15 is 0 Å². The Kier molecular flexibility index (Phi) is 7.59. The van der Waals surface area contributed by atoms with Crippen LogP contribution in [0.25, 0.3) is 0 Å². The predicted molar refractivity (Wildman–Crippen MR) is 103 cm³/mol. The number of halogens is 2. The van der Waals surface area contributed by atoms with Crippen molar-refractivity contribution >= 4 is 21.8 Å². The molecule has 0 aliphatic carbocycles. The second-order valence-corrected chi connectivity index (χ2v) is 7.02. The van der Waals surface area contributed by atoms with Crippen LogP contribution in [0.15, 0.2) is 46.9 Å². The standard InChI is InChI=1S/C10H12BrN.C10H12FNO/c1-12-6-5-9-8(7-12)3-2-4-10(9)11;1-12-10(13)6-5-8-3-2-4-9(11)7-8/h2-4H,5-7H2,1H3;2-4,7H,5-6H2,1H3,(H,12,13). The molecule has 0 bridgehead atoms. The maximum atomic E-state index is 12.7. The third-order valence-corrected chi connectivity index (χ3v) is 4.95. The van der Waals surface area contributed by atoms with Crippen LogP contribution in [0.4, 0.5) is 4.39 Å². The van der Waals surface area contributed by atoms with Crippen molar-refractivity contribution in [1.82, 2.24) is 10.2 Å². The van der Waals surface area contributed by atoms with Crippen molar-refractivity contribution in [3.63, 3.8) is 0 Å². The average Bonchev–Trinajstić information content (AvgIpc) is 2.60. The third-order valence-electron chi connectivity index (χ3n) is 4.21. The van der Waals surface area contributed by atoms with Gasteiger partial charge in [0.15, 0.2) is 0 Å². The van der Waals surface area contributed by atoms with Crippen molar-refractivity contribution in [2.24, 2.45) is 0 Å². The van der Waals surface area contributed by atoms with E-state index in [-0.39, 0.29) is 11.7 Å². The molecule has 0 spiro atoms. The van der Waals surface area contributed by atoms with Gasteiger partial charge in [-0.05, 0) is 54.8 Å². The fraction of sp³-hybridized carbons (Fsp3) is 0.350. The van der Waals surface area contributed by atoms with Crippen LogP contribution in [0, 0.1) is 5.82 Å². The Labute approximate surface area is 157 Å². The zero-order valence-corrected chi connectivity index (χ0v) is 16.3. The molecule has 0 fully saturated rings. The first kappa shape index (κ1) is 19.6. The molecule has 25 heavy (non-hydrogen) atoms. The molecule has 0 aromatic heterocycles. The molecular formula is C20H24BrFN2O. The second kappa shape index (κ2) is 9.68. The smallest absolute Gasteiger partial charge is 0.220 e. The minimum absolute atomic E-state index is 0.0238. The molecule has 0 radical (unpaired) electrons. The number of likely N-dealkylation sites (N-methyl/N-ethyl adjacent to an activating group) is 1. The van der Waals surface area contributed by atoms with Crippen LogP contribution in [0.1, 0.15) is 23.1 Å². The number of hydrogen-bond donors (Lipinski definition) is 1. The van der Waals surface area contributed by atoms with E-state index in [2.05, 4.69) is 51.4 Å². The van der Waals surface area contributed by atoms with E-state index in [1.807, 2.05) is 6.07 Å². The SMILES string of the molecule is CN1CCc2c(Br)cccc2C1.CNC(=O)CCc1cccc(F)c1. The molecule has 0 saturated carbocycles. The van der Waals surface area contributed by atoms with Gasteiger partial charge in [0.2, 0.25) is 5.91 Å². The number of benzene rings is 2. The lowest BCUT2D eigenvalue weighted by molar-refractivity contribution is -0.120. The van der Waals surface area contributed by atoms with Gasteiger partial charge in [0.25, 0.3) is 0 Å². The van der Waals surface area contributed by atoms with Crippen molar-refractivity contribution in [3.8, 4) is 0 Å². The minimum atomic E-state index is -0.255. The first-order chi connectivity index (χ1) is 12.0. The first-order valence-corrected chi connectivity index (χ1v) is 9.18. The molecule has 0 atom stereocenters. The van der Waals surface area contributed by atoms with Crippen molar-refractivity contribution in [3.05, 3.63) is 69.4 Å². The topological polar surface area (TPSA) is 32.3 Å². The van der Waals surface area contributed by atoms with E-state index in [1.54, 1.807) is 13.1 Å². The van der Waals surface area contributed by atoms with Gasteiger partial charge in [-0.25, -0.2) is 4.39 Å². The van der Waals surface area contributed by atoms with Crippen molar-refractivity contribution in [2.75, 3.05) is 20.6 Å². The van der Waals surface area contributed by atoms with Gasteiger partial charge >= 0.3 is 0 Å². The minimum Gasteiger partial charge on any atom is -0.359 e. The number of aryl methyl sites for hydroxylation is 1. The summed E-state index contributed by atoms with van der Waals surface area (Å²) in [6, 6.07) is 12.8. The molecule has 1 aliphatic heterocycles. The summed E-state index contributed by atoms with van der Waals surface area (Å²) in [5.41, 5.74) is 3.82. The summed E-state index contributed by atoms with van der Waals surface area (Å²) in [6.45, 7) is 2.27. The molecular weight excluding hydrogens is 383 g/mol. The number of rotatable bonds is 3. The van der Waals surface area contributed by atoms with Crippen LogP contribution in [-0.2, 0) is 24.2 Å². The summed E-state index contributed by atoms with van der Waals surface area (Å²) < 4.78 is 13.9. The quantitative estimate of drug-likeness (QED) is 0.836. The number of amides is 1. The van der Waals surface area contributed by atoms with Gasteiger partial charge in [0, 0.05) is 31.0 Å². The van der Waals surface area contributed by atoms with E-state index in [4.69, 9.17) is 0 Å². The largest absolute Gasteiger partial charge is 0.359 e. The average molecular weight is 407 g/mol. The van der Waals surface area contributed by atoms with E-state index < -0.39 is 0 Å². The molecule has 2 aromatic carbocycles. The number of carbonyl (C=O) groups excluding carboxylic acids is 1. The molecule has 2 aromatic rings. The van der Waals surface area contributed by atoms with Crippen molar-refractivity contribution in [1.29, 1.82) is 0 Å². The Morgan fingerprint density at radius 2 is 2.04 bits per heavy atom. The van der Waals surface area contributed by atoms with Crippen molar-refractivity contribution in [2.45, 2.75) is 25.8 Å². The number of carbonyl (C=O) groups is 1. The maximum Gasteiger partial charge on any atom is 0.220 e. The fourth-order valence-electron chi connectivity index (χ4n) is 2.78. The van der Waals surface area contributed by atoms with Gasteiger partial charge in [-0.15, -0.1) is 0 Å². The Morgan fingerprint density at radius 3 is 2.76 bits per heavy atom. The summed E-state index contributed by atoms with van der Waals surface area (Å²) in [6.07, 6.45) is 2.16. The summed E-state index contributed by atoms with van der Waals surface area (Å²) in [4.78, 5) is 13.2. The summed E-state index contributed by atoms with van der Waals surface area (Å²) in [5, 5.41) is 2.52. The molecule has 0 saturated heterocycles. The van der Waals surface area contributed by atoms with Crippen LogP contribution in [0.5, 0.6) is 0 Å². The Balaban J connectivity index is 0.000000181. The molecule has 1 N–H and O–H groups in total. The van der Waals surface area contributed by atoms with E-state index in [9.17, 15) is 9.18 Å². The van der Waals surface area contributed by atoms with Crippen LogP contribution >= 0.6 is 15.9 Å². The lowest BCUT2D eigenvalue weighted by atomic mass is 10.0. The monoisotopic (exact) mass is 406 g/mol. The predicted octanol–water partition coefficient (Wildman–Crippen LogP) is 3.94. The van der Waals surface area contributed by atoms with Gasteiger partial charge in [0.1, 0.15) is 5.82 Å². The Hall–Kier alpha value is -1.72.